The van der Waals surface area contributed by atoms with Crippen LogP contribution in [0.15, 0.2) is 12.1 Å². The van der Waals surface area contributed by atoms with Crippen molar-refractivity contribution in [3.63, 3.8) is 0 Å². The molecule has 0 fully saturated rings. The molecule has 124 valence electrons. The molecule has 1 aromatic heterocycles. The van der Waals surface area contributed by atoms with Crippen LogP contribution >= 0.6 is 23.6 Å². The number of thiazole rings is 1. The zero-order valence-electron chi connectivity index (χ0n) is 13.2. The van der Waals surface area contributed by atoms with Crippen molar-refractivity contribution in [1.29, 1.82) is 0 Å². The van der Waals surface area contributed by atoms with Gasteiger partial charge in [-0.05, 0) is 31.3 Å². The number of H-pyrrole nitrogens is 1. The van der Waals surface area contributed by atoms with Crippen molar-refractivity contribution >= 4 is 29.5 Å². The second-order valence-electron chi connectivity index (χ2n) is 4.32. The molecule has 1 N–H and O–H groups in total. The molecule has 0 amide bonds. The molecule has 0 atom stereocenters. The van der Waals surface area contributed by atoms with E-state index >= 15 is 0 Å². The summed E-state index contributed by atoms with van der Waals surface area (Å²) >= 11 is 6.44. The van der Waals surface area contributed by atoms with Gasteiger partial charge in [0.25, 0.3) is 0 Å². The minimum atomic E-state index is -0.466. The number of methoxy groups -OCH3 is 3. The van der Waals surface area contributed by atoms with Crippen molar-refractivity contribution in [3.05, 3.63) is 21.8 Å². The van der Waals surface area contributed by atoms with E-state index in [0.717, 1.165) is 0 Å². The predicted molar refractivity (Wildman–Crippen MR) is 90.6 cm³/mol. The Morgan fingerprint density at radius 2 is 1.87 bits per heavy atom. The van der Waals surface area contributed by atoms with E-state index in [4.69, 9.17) is 31.2 Å². The smallest absolute Gasteiger partial charge is 0.356 e. The van der Waals surface area contributed by atoms with Gasteiger partial charge in [0.15, 0.2) is 15.5 Å². The number of nitrogens with one attached hydrogen (secondary N) is 1. The van der Waals surface area contributed by atoms with Crippen molar-refractivity contribution < 1.29 is 23.7 Å². The SMILES string of the molecule is CCOC(=O)c1[nH]c(=S)sc1-c1ccc(OC)c(OC)c1OC. The number of aromatic nitrogens is 1. The fourth-order valence-corrected chi connectivity index (χ4v) is 3.34. The van der Waals surface area contributed by atoms with Crippen molar-refractivity contribution in [3.8, 4) is 27.7 Å². The van der Waals surface area contributed by atoms with Crippen LogP contribution in [-0.2, 0) is 4.74 Å². The number of ether oxygens (including phenoxy) is 4. The summed E-state index contributed by atoms with van der Waals surface area (Å²) in [4.78, 5) is 15.6. The Labute approximate surface area is 143 Å². The molecule has 0 aliphatic carbocycles. The molecular formula is C15H17NO5S2. The highest BCUT2D eigenvalue weighted by molar-refractivity contribution is 7.73. The molecule has 2 rings (SSSR count). The number of esters is 1. The lowest BCUT2D eigenvalue weighted by Crippen LogP contribution is -2.06. The zero-order chi connectivity index (χ0) is 17.0. The molecule has 0 saturated heterocycles. The predicted octanol–water partition coefficient (Wildman–Crippen LogP) is 3.68. The number of aromatic amines is 1. The first-order valence-electron chi connectivity index (χ1n) is 6.76. The normalized spacial score (nSPS) is 10.3. The van der Waals surface area contributed by atoms with Crippen molar-refractivity contribution in [2.75, 3.05) is 27.9 Å². The highest BCUT2D eigenvalue weighted by Crippen LogP contribution is 2.46. The standard InChI is InChI=1S/C15H17NO5S2/c1-5-21-14(17)10-13(23-15(22)16-10)8-6-7-9(18-2)12(20-4)11(8)19-3/h6-7H,5H2,1-4H3,(H,16,22). The third-order valence-electron chi connectivity index (χ3n) is 3.08. The summed E-state index contributed by atoms with van der Waals surface area (Å²) in [7, 11) is 4.59. The molecule has 0 bridgehead atoms. The third kappa shape index (κ3) is 3.32. The summed E-state index contributed by atoms with van der Waals surface area (Å²) in [5.41, 5.74) is 0.970. The number of benzene rings is 1. The second-order valence-corrected chi connectivity index (χ2v) is 6.01. The third-order valence-corrected chi connectivity index (χ3v) is 4.34. The molecule has 0 saturated carbocycles. The molecule has 1 aromatic carbocycles. The number of carbonyl (C=O) groups is 1. The molecule has 0 unspecified atom stereocenters. The van der Waals surface area contributed by atoms with E-state index in [-0.39, 0.29) is 6.61 Å². The van der Waals surface area contributed by atoms with E-state index in [1.807, 2.05) is 0 Å². The Morgan fingerprint density at radius 1 is 1.17 bits per heavy atom. The van der Waals surface area contributed by atoms with Crippen LogP contribution < -0.4 is 14.2 Å². The quantitative estimate of drug-likeness (QED) is 0.630. The molecule has 23 heavy (non-hydrogen) atoms. The minimum absolute atomic E-state index is 0.276. The van der Waals surface area contributed by atoms with Crippen molar-refractivity contribution in [2.45, 2.75) is 6.92 Å². The van der Waals surface area contributed by atoms with Gasteiger partial charge in [-0.15, -0.1) is 11.3 Å². The fourth-order valence-electron chi connectivity index (χ4n) is 2.14. The lowest BCUT2D eigenvalue weighted by molar-refractivity contribution is 0.0521. The maximum atomic E-state index is 12.1. The van der Waals surface area contributed by atoms with Crippen LogP contribution in [-0.4, -0.2) is 38.9 Å². The summed E-state index contributed by atoms with van der Waals surface area (Å²) < 4.78 is 21.7. The molecule has 0 aliphatic rings. The maximum absolute atomic E-state index is 12.1. The van der Waals surface area contributed by atoms with Crippen molar-refractivity contribution in [1.82, 2.24) is 4.98 Å². The van der Waals surface area contributed by atoms with Crippen LogP contribution in [0.4, 0.5) is 0 Å². The van der Waals surface area contributed by atoms with Crippen LogP contribution in [0.25, 0.3) is 10.4 Å². The second kappa shape index (κ2) is 7.47. The number of hydrogen-bond donors (Lipinski definition) is 1. The molecule has 0 radical (unpaired) electrons. The minimum Gasteiger partial charge on any atom is -0.493 e. The van der Waals surface area contributed by atoms with E-state index in [1.165, 1.54) is 25.6 Å². The van der Waals surface area contributed by atoms with E-state index in [1.54, 1.807) is 26.2 Å². The summed E-state index contributed by atoms with van der Waals surface area (Å²) in [5.74, 6) is 0.973. The van der Waals surface area contributed by atoms with Crippen LogP contribution in [0.2, 0.25) is 0 Å². The number of carbonyl (C=O) groups excluding carboxylic acids is 1. The Bertz CT molecular complexity index is 766. The average Bonchev–Trinajstić information content (AvgIpc) is 2.95. The van der Waals surface area contributed by atoms with Gasteiger partial charge in [-0.2, -0.15) is 0 Å². The lowest BCUT2D eigenvalue weighted by Gasteiger charge is -2.15. The first-order valence-corrected chi connectivity index (χ1v) is 7.99. The Hall–Kier alpha value is -2.06. The van der Waals surface area contributed by atoms with Crippen molar-refractivity contribution in [2.24, 2.45) is 0 Å². The largest absolute Gasteiger partial charge is 0.493 e. The summed E-state index contributed by atoms with van der Waals surface area (Å²) in [6.07, 6.45) is 0. The Balaban J connectivity index is 2.68. The Kier molecular flexibility index (Phi) is 5.62. The molecule has 0 spiro atoms. The topological polar surface area (TPSA) is 69.8 Å². The summed E-state index contributed by atoms with van der Waals surface area (Å²) in [6, 6.07) is 3.53. The van der Waals surface area contributed by atoms with Gasteiger partial charge in [-0.1, -0.05) is 0 Å². The van der Waals surface area contributed by atoms with E-state index in [2.05, 4.69) is 4.98 Å². The van der Waals surface area contributed by atoms with Gasteiger partial charge in [0.2, 0.25) is 5.75 Å². The maximum Gasteiger partial charge on any atom is 0.356 e. The lowest BCUT2D eigenvalue weighted by atomic mass is 10.1. The molecule has 2 aromatic rings. The van der Waals surface area contributed by atoms with Gasteiger partial charge >= 0.3 is 5.97 Å². The van der Waals surface area contributed by atoms with E-state index in [9.17, 15) is 4.79 Å². The average molecular weight is 355 g/mol. The fraction of sp³-hybridized carbons (Fsp3) is 0.333. The molecule has 6 nitrogen and oxygen atoms in total. The zero-order valence-corrected chi connectivity index (χ0v) is 14.9. The van der Waals surface area contributed by atoms with Gasteiger partial charge in [0, 0.05) is 5.56 Å². The van der Waals surface area contributed by atoms with Crippen LogP contribution in [0.5, 0.6) is 17.2 Å². The summed E-state index contributed by atoms with van der Waals surface area (Å²) in [6.45, 7) is 2.02. The highest BCUT2D eigenvalue weighted by Gasteiger charge is 2.24. The highest BCUT2D eigenvalue weighted by atomic mass is 32.1. The molecule has 0 aliphatic heterocycles. The van der Waals surface area contributed by atoms with Crippen LogP contribution in [0.3, 0.4) is 0 Å². The molecule has 1 heterocycles. The monoisotopic (exact) mass is 355 g/mol. The van der Waals surface area contributed by atoms with Crippen LogP contribution in [0.1, 0.15) is 17.4 Å². The van der Waals surface area contributed by atoms with Crippen LogP contribution in [0, 0.1) is 3.95 Å². The van der Waals surface area contributed by atoms with Gasteiger partial charge in [-0.3, -0.25) is 0 Å². The number of hydrogen-bond acceptors (Lipinski definition) is 7. The first kappa shape index (κ1) is 17.3. The van der Waals surface area contributed by atoms with Gasteiger partial charge < -0.3 is 23.9 Å². The van der Waals surface area contributed by atoms with Gasteiger partial charge in [0.1, 0.15) is 5.69 Å². The Morgan fingerprint density at radius 3 is 2.43 bits per heavy atom. The summed E-state index contributed by atoms with van der Waals surface area (Å²) in [5, 5.41) is 0. The number of rotatable bonds is 6. The molecular weight excluding hydrogens is 338 g/mol. The first-order chi connectivity index (χ1) is 11.1. The van der Waals surface area contributed by atoms with E-state index < -0.39 is 5.97 Å². The van der Waals surface area contributed by atoms with Gasteiger partial charge in [-0.25, -0.2) is 4.79 Å². The molecule has 8 heteroatoms. The van der Waals surface area contributed by atoms with Gasteiger partial charge in [0.05, 0.1) is 32.8 Å². The van der Waals surface area contributed by atoms with E-state index in [0.29, 0.717) is 37.3 Å².